The van der Waals surface area contributed by atoms with E-state index in [-0.39, 0.29) is 6.42 Å². The zero-order valence-electron chi connectivity index (χ0n) is 21.6. The Morgan fingerprint density at radius 2 is 1.50 bits per heavy atom. The van der Waals surface area contributed by atoms with Crippen LogP contribution in [0.3, 0.4) is 0 Å². The average Bonchev–Trinajstić information content (AvgIpc) is 3.33. The van der Waals surface area contributed by atoms with Gasteiger partial charge in [-0.15, -0.1) is 0 Å². The van der Waals surface area contributed by atoms with Crippen LogP contribution < -0.4 is 10.5 Å². The highest BCUT2D eigenvalue weighted by Gasteiger charge is 2.20. The first-order chi connectivity index (χ1) is 18.3. The normalized spacial score (nSPS) is 11.2. The van der Waals surface area contributed by atoms with Gasteiger partial charge < -0.3 is 35.5 Å². The molecule has 4 rings (SSSR count). The fourth-order valence-electron chi connectivity index (χ4n) is 3.97. The number of hydrogen-bond acceptors (Lipinski definition) is 6. The molecule has 0 saturated carbocycles. The second-order valence-electron chi connectivity index (χ2n) is 9.29. The molecule has 1 aromatic heterocycles. The first-order valence-electron chi connectivity index (χ1n) is 12.5. The van der Waals surface area contributed by atoms with Gasteiger partial charge in [0.25, 0.3) is 0 Å². The second-order valence-corrected chi connectivity index (χ2v) is 9.29. The quantitative estimate of drug-likeness (QED) is 0.205. The first-order valence-corrected chi connectivity index (χ1v) is 12.5. The summed E-state index contributed by atoms with van der Waals surface area (Å²) in [6.45, 7) is -1.21. The molecule has 0 fully saturated rings. The lowest BCUT2D eigenvalue weighted by Crippen LogP contribution is -2.50. The number of carboxylic acids is 1. The van der Waals surface area contributed by atoms with E-state index in [2.05, 4.69) is 47.2 Å². The van der Waals surface area contributed by atoms with Crippen molar-refractivity contribution in [2.75, 3.05) is 26.9 Å². The number of nitrogens with zero attached hydrogens (tertiary/aromatic N) is 1. The summed E-state index contributed by atoms with van der Waals surface area (Å²) in [4.78, 5) is 11.0. The summed E-state index contributed by atoms with van der Waals surface area (Å²) >= 11 is 0. The number of methoxy groups -OCH3 is 1. The van der Waals surface area contributed by atoms with Crippen molar-refractivity contribution in [3.05, 3.63) is 95.7 Å². The molecule has 0 aliphatic carbocycles. The molecular formula is C30H36N2O6. The third-order valence-electron chi connectivity index (χ3n) is 6.40. The minimum absolute atomic E-state index is 0.145. The minimum atomic E-state index is -1.21. The standard InChI is InChI=1S/C26H25NO3.C4H11NO3/c1-30-23-13-8-19(9-14-23)7-12-21-18-27(22-5-3-2-4-6-22)25-15-10-20(17-24(21)25)11-16-26(28)29;5-4(1-6,2-7)3-8/h2-6,8-10,13-15,17-18H,7,11-12,16H2,1H3,(H,28,29);6-8H,1-3,5H2. The van der Waals surface area contributed by atoms with E-state index in [0.717, 1.165) is 35.4 Å². The number of aryl methyl sites for hydroxylation is 3. The van der Waals surface area contributed by atoms with Crippen LogP contribution in [0.4, 0.5) is 0 Å². The Bertz CT molecular complexity index is 1290. The Morgan fingerprint density at radius 1 is 0.868 bits per heavy atom. The van der Waals surface area contributed by atoms with Crippen molar-refractivity contribution < 1.29 is 30.0 Å². The zero-order valence-corrected chi connectivity index (χ0v) is 21.6. The van der Waals surface area contributed by atoms with Crippen LogP contribution in [0.15, 0.2) is 79.0 Å². The number of rotatable bonds is 11. The number of aliphatic hydroxyl groups excluding tert-OH is 3. The molecule has 3 aromatic carbocycles. The molecular weight excluding hydrogens is 484 g/mol. The van der Waals surface area contributed by atoms with E-state index >= 15 is 0 Å². The van der Waals surface area contributed by atoms with Gasteiger partial charge in [-0.05, 0) is 72.4 Å². The molecule has 0 unspecified atom stereocenters. The Morgan fingerprint density at radius 3 is 2.05 bits per heavy atom. The van der Waals surface area contributed by atoms with Crippen LogP contribution in [-0.2, 0) is 24.1 Å². The monoisotopic (exact) mass is 520 g/mol. The number of ether oxygens (including phenoxy) is 1. The maximum atomic E-state index is 11.0. The van der Waals surface area contributed by atoms with Crippen molar-refractivity contribution in [1.82, 2.24) is 4.57 Å². The molecule has 38 heavy (non-hydrogen) atoms. The van der Waals surface area contributed by atoms with Gasteiger partial charge in [0.15, 0.2) is 0 Å². The summed E-state index contributed by atoms with van der Waals surface area (Å²) in [6, 6.07) is 24.8. The molecule has 0 saturated heterocycles. The molecule has 0 radical (unpaired) electrons. The van der Waals surface area contributed by atoms with Gasteiger partial charge in [0.05, 0.1) is 38.0 Å². The van der Waals surface area contributed by atoms with Crippen LogP contribution >= 0.6 is 0 Å². The number of aromatic nitrogens is 1. The number of para-hydroxylation sites is 1. The molecule has 0 spiro atoms. The molecule has 8 nitrogen and oxygen atoms in total. The Hall–Kier alpha value is -3.69. The maximum Gasteiger partial charge on any atom is 0.303 e. The van der Waals surface area contributed by atoms with Gasteiger partial charge >= 0.3 is 5.97 Å². The Labute approximate surface area is 222 Å². The maximum absolute atomic E-state index is 11.0. The lowest BCUT2D eigenvalue weighted by Gasteiger charge is -2.20. The van der Waals surface area contributed by atoms with Gasteiger partial charge in [-0.25, -0.2) is 0 Å². The third kappa shape index (κ3) is 7.66. The summed E-state index contributed by atoms with van der Waals surface area (Å²) in [5.41, 5.74) is 9.79. The number of aliphatic hydroxyl groups is 3. The smallest absolute Gasteiger partial charge is 0.303 e. The molecule has 4 aromatic rings. The number of nitrogens with two attached hydrogens (primary N) is 1. The molecule has 1 heterocycles. The Balaban J connectivity index is 0.000000436. The van der Waals surface area contributed by atoms with Crippen molar-refractivity contribution >= 4 is 16.9 Å². The first kappa shape index (κ1) is 28.9. The number of fused-ring (bicyclic) bond motifs is 1. The lowest BCUT2D eigenvalue weighted by molar-refractivity contribution is -0.136. The van der Waals surface area contributed by atoms with Crippen molar-refractivity contribution in [3.63, 3.8) is 0 Å². The van der Waals surface area contributed by atoms with E-state index in [1.165, 1.54) is 16.5 Å². The highest BCUT2D eigenvalue weighted by molar-refractivity contribution is 5.86. The lowest BCUT2D eigenvalue weighted by atomic mass is 10.0. The highest BCUT2D eigenvalue weighted by Crippen LogP contribution is 2.28. The van der Waals surface area contributed by atoms with Crippen LogP contribution in [0.1, 0.15) is 23.1 Å². The second kappa shape index (κ2) is 13.7. The Kier molecular flexibility index (Phi) is 10.4. The number of aliphatic carboxylic acids is 1. The van der Waals surface area contributed by atoms with Gasteiger partial charge in [0.2, 0.25) is 0 Å². The van der Waals surface area contributed by atoms with Crippen LogP contribution in [0, 0.1) is 0 Å². The molecule has 0 amide bonds. The summed E-state index contributed by atoms with van der Waals surface area (Å²) in [5, 5.41) is 35.2. The molecule has 0 aliphatic heterocycles. The predicted octanol–water partition coefficient (Wildman–Crippen LogP) is 3.10. The minimum Gasteiger partial charge on any atom is -0.497 e. The van der Waals surface area contributed by atoms with E-state index in [4.69, 9.17) is 30.9 Å². The van der Waals surface area contributed by atoms with Crippen LogP contribution in [-0.4, -0.2) is 63.4 Å². The van der Waals surface area contributed by atoms with Gasteiger partial charge in [-0.2, -0.15) is 0 Å². The van der Waals surface area contributed by atoms with Gasteiger partial charge in [-0.3, -0.25) is 4.79 Å². The van der Waals surface area contributed by atoms with E-state index in [9.17, 15) is 4.79 Å². The van der Waals surface area contributed by atoms with Gasteiger partial charge in [0.1, 0.15) is 5.75 Å². The summed E-state index contributed by atoms with van der Waals surface area (Å²) < 4.78 is 7.47. The molecule has 0 aliphatic rings. The topological polar surface area (TPSA) is 138 Å². The fourth-order valence-corrected chi connectivity index (χ4v) is 3.97. The molecule has 8 heteroatoms. The molecule has 0 atom stereocenters. The summed E-state index contributed by atoms with van der Waals surface area (Å²) in [7, 11) is 1.68. The van der Waals surface area contributed by atoms with Crippen molar-refractivity contribution in [1.29, 1.82) is 0 Å². The highest BCUT2D eigenvalue weighted by atomic mass is 16.5. The largest absolute Gasteiger partial charge is 0.497 e. The van der Waals surface area contributed by atoms with E-state index < -0.39 is 31.3 Å². The van der Waals surface area contributed by atoms with Crippen molar-refractivity contribution in [2.24, 2.45) is 5.73 Å². The van der Waals surface area contributed by atoms with Crippen LogP contribution in [0.2, 0.25) is 0 Å². The fraction of sp³-hybridized carbons (Fsp3) is 0.300. The summed E-state index contributed by atoms with van der Waals surface area (Å²) in [6.07, 6.45) is 4.73. The van der Waals surface area contributed by atoms with E-state index in [1.807, 2.05) is 36.4 Å². The number of carbonyl (C=O) groups is 1. The zero-order chi connectivity index (χ0) is 27.5. The predicted molar refractivity (Wildman–Crippen MR) is 148 cm³/mol. The summed E-state index contributed by atoms with van der Waals surface area (Å²) in [5.74, 6) is 0.0965. The average molecular weight is 521 g/mol. The SMILES string of the molecule is COc1ccc(CCc2cn(-c3ccccc3)c3ccc(CCC(=O)O)cc23)cc1.NC(CO)(CO)CO. The van der Waals surface area contributed by atoms with Gasteiger partial charge in [-0.1, -0.05) is 36.4 Å². The van der Waals surface area contributed by atoms with Crippen LogP contribution in [0.5, 0.6) is 5.75 Å². The number of carboxylic acid groups (broad SMARTS) is 1. The molecule has 202 valence electrons. The van der Waals surface area contributed by atoms with E-state index in [0.29, 0.717) is 6.42 Å². The molecule has 0 bridgehead atoms. The molecule has 6 N–H and O–H groups in total. The number of hydrogen-bond donors (Lipinski definition) is 5. The third-order valence-corrected chi connectivity index (χ3v) is 6.40. The van der Waals surface area contributed by atoms with Crippen molar-refractivity contribution in [2.45, 2.75) is 31.2 Å². The van der Waals surface area contributed by atoms with E-state index in [1.54, 1.807) is 7.11 Å². The number of benzene rings is 3. The van der Waals surface area contributed by atoms with Crippen LogP contribution in [0.25, 0.3) is 16.6 Å². The van der Waals surface area contributed by atoms with Gasteiger partial charge in [0, 0.05) is 23.7 Å². The van der Waals surface area contributed by atoms with Crippen molar-refractivity contribution in [3.8, 4) is 11.4 Å².